The summed E-state index contributed by atoms with van der Waals surface area (Å²) in [5.41, 5.74) is 2.94. The molecule has 0 aliphatic heterocycles. The lowest BCUT2D eigenvalue weighted by Gasteiger charge is -2.01. The fraction of sp³-hybridized carbons (Fsp3) is 0.200. The zero-order valence-electron chi connectivity index (χ0n) is 12.4. The van der Waals surface area contributed by atoms with Crippen molar-refractivity contribution in [2.45, 2.75) is 13.5 Å². The van der Waals surface area contributed by atoms with Gasteiger partial charge in [0.15, 0.2) is 5.82 Å². The Labute approximate surface area is 127 Å². The molecule has 2 aromatic heterocycles. The highest BCUT2D eigenvalue weighted by Crippen LogP contribution is 2.20. The van der Waals surface area contributed by atoms with Crippen LogP contribution >= 0.6 is 0 Å². The molecule has 0 aliphatic carbocycles. The van der Waals surface area contributed by atoms with Crippen LogP contribution in [-0.4, -0.2) is 30.7 Å². The summed E-state index contributed by atoms with van der Waals surface area (Å²) in [5.74, 6) is 0.238. The summed E-state index contributed by atoms with van der Waals surface area (Å²) < 4.78 is 1.63. The highest BCUT2D eigenvalue weighted by molar-refractivity contribution is 5.89. The molecule has 0 saturated heterocycles. The first-order valence-electron chi connectivity index (χ1n) is 6.87. The van der Waals surface area contributed by atoms with Crippen molar-refractivity contribution in [3.8, 4) is 11.3 Å². The minimum Gasteiger partial charge on any atom is -0.306 e. The molecule has 3 aromatic rings. The van der Waals surface area contributed by atoms with Gasteiger partial charge < -0.3 is 5.32 Å². The molecule has 112 valence electrons. The molecule has 7 heteroatoms. The Kier molecular flexibility index (Phi) is 3.69. The molecule has 0 aliphatic rings. The molecule has 0 fully saturated rings. The molecule has 0 atom stereocenters. The first-order valence-corrected chi connectivity index (χ1v) is 6.87. The van der Waals surface area contributed by atoms with Gasteiger partial charge in [-0.2, -0.15) is 15.0 Å². The van der Waals surface area contributed by atoms with E-state index in [1.54, 1.807) is 11.7 Å². The second kappa shape index (κ2) is 5.80. The van der Waals surface area contributed by atoms with Crippen molar-refractivity contribution in [3.63, 3.8) is 0 Å². The second-order valence-electron chi connectivity index (χ2n) is 4.99. The van der Waals surface area contributed by atoms with Crippen LogP contribution in [0.2, 0.25) is 0 Å². The predicted octanol–water partition coefficient (Wildman–Crippen LogP) is 1.63. The van der Waals surface area contributed by atoms with E-state index < -0.39 is 0 Å². The third kappa shape index (κ3) is 3.03. The number of aryl methyl sites for hydroxylation is 2. The lowest BCUT2D eigenvalue weighted by molar-refractivity contribution is -0.116. The van der Waals surface area contributed by atoms with Gasteiger partial charge in [-0.15, -0.1) is 5.10 Å². The largest absolute Gasteiger partial charge is 0.306 e. The van der Waals surface area contributed by atoms with Crippen molar-refractivity contribution in [2.75, 3.05) is 5.32 Å². The van der Waals surface area contributed by atoms with Gasteiger partial charge in [-0.05, 0) is 12.5 Å². The van der Waals surface area contributed by atoms with E-state index in [1.807, 2.05) is 43.5 Å². The maximum absolute atomic E-state index is 12.0. The van der Waals surface area contributed by atoms with E-state index in [2.05, 4.69) is 20.6 Å². The molecule has 0 spiro atoms. The molecule has 1 aromatic carbocycles. The van der Waals surface area contributed by atoms with Crippen LogP contribution in [0, 0.1) is 6.92 Å². The zero-order valence-corrected chi connectivity index (χ0v) is 12.4. The Hall–Kier alpha value is -2.96. The third-order valence-electron chi connectivity index (χ3n) is 3.16. The first kappa shape index (κ1) is 14.0. The smallest absolute Gasteiger partial charge is 0.247 e. The zero-order chi connectivity index (χ0) is 15.5. The fourth-order valence-corrected chi connectivity index (χ4v) is 2.22. The standard InChI is InChI=1S/C15H16N6O/c1-11-9-21(19-15(11)12-6-4-3-5-7-12)10-14(22)17-13-8-16-20(2)18-13/h3-9H,10H2,1-2H3,(H,17,18,22). The minimum absolute atomic E-state index is 0.129. The molecule has 3 rings (SSSR count). The van der Waals surface area contributed by atoms with Crippen LogP contribution in [0.5, 0.6) is 0 Å². The molecule has 2 heterocycles. The van der Waals surface area contributed by atoms with Gasteiger partial charge in [0.25, 0.3) is 0 Å². The SMILES string of the molecule is Cc1cn(CC(=O)Nc2cnn(C)n2)nc1-c1ccccc1. The number of nitrogens with one attached hydrogen (secondary N) is 1. The molecule has 0 unspecified atom stereocenters. The fourth-order valence-electron chi connectivity index (χ4n) is 2.22. The summed E-state index contributed by atoms with van der Waals surface area (Å²) in [6.45, 7) is 2.11. The van der Waals surface area contributed by atoms with Crippen LogP contribution in [0.4, 0.5) is 5.82 Å². The Morgan fingerprint density at radius 1 is 1.23 bits per heavy atom. The molecule has 22 heavy (non-hydrogen) atoms. The average Bonchev–Trinajstić information content (AvgIpc) is 3.05. The summed E-state index contributed by atoms with van der Waals surface area (Å²) in [6, 6.07) is 9.89. The van der Waals surface area contributed by atoms with E-state index in [-0.39, 0.29) is 12.5 Å². The van der Waals surface area contributed by atoms with Gasteiger partial charge in [-0.1, -0.05) is 30.3 Å². The maximum Gasteiger partial charge on any atom is 0.247 e. The summed E-state index contributed by atoms with van der Waals surface area (Å²) in [7, 11) is 1.69. The molecule has 1 amide bonds. The van der Waals surface area contributed by atoms with E-state index in [1.165, 1.54) is 11.0 Å². The van der Waals surface area contributed by atoms with Crippen LogP contribution in [0.1, 0.15) is 5.56 Å². The number of anilines is 1. The van der Waals surface area contributed by atoms with Crippen molar-refractivity contribution in [1.29, 1.82) is 0 Å². The van der Waals surface area contributed by atoms with Gasteiger partial charge >= 0.3 is 0 Å². The van der Waals surface area contributed by atoms with Gasteiger partial charge in [0.2, 0.25) is 5.91 Å². The highest BCUT2D eigenvalue weighted by atomic mass is 16.2. The number of benzene rings is 1. The summed E-state index contributed by atoms with van der Waals surface area (Å²) >= 11 is 0. The maximum atomic E-state index is 12.0. The Balaban J connectivity index is 1.72. The average molecular weight is 296 g/mol. The number of aromatic nitrogens is 5. The Bertz CT molecular complexity index is 789. The summed E-state index contributed by atoms with van der Waals surface area (Å²) in [4.78, 5) is 13.4. The predicted molar refractivity (Wildman–Crippen MR) is 82.0 cm³/mol. The quantitative estimate of drug-likeness (QED) is 0.793. The van der Waals surface area contributed by atoms with Gasteiger partial charge in [-0.3, -0.25) is 9.48 Å². The number of carbonyl (C=O) groups is 1. The third-order valence-corrected chi connectivity index (χ3v) is 3.16. The number of hydrogen-bond acceptors (Lipinski definition) is 4. The summed E-state index contributed by atoms with van der Waals surface area (Å²) in [5, 5.41) is 15.1. The molecular weight excluding hydrogens is 280 g/mol. The molecular formula is C15H16N6O. The normalized spacial score (nSPS) is 10.6. The van der Waals surface area contributed by atoms with E-state index in [0.29, 0.717) is 5.82 Å². The number of carbonyl (C=O) groups excluding carboxylic acids is 1. The van der Waals surface area contributed by atoms with Crippen LogP contribution in [0.15, 0.2) is 42.7 Å². The molecule has 7 nitrogen and oxygen atoms in total. The van der Waals surface area contributed by atoms with Crippen LogP contribution in [0.25, 0.3) is 11.3 Å². The molecule has 0 saturated carbocycles. The number of amides is 1. The Morgan fingerprint density at radius 3 is 2.68 bits per heavy atom. The second-order valence-corrected chi connectivity index (χ2v) is 4.99. The first-order chi connectivity index (χ1) is 10.6. The van der Waals surface area contributed by atoms with Crippen LogP contribution < -0.4 is 5.32 Å². The van der Waals surface area contributed by atoms with Gasteiger partial charge in [0.1, 0.15) is 6.54 Å². The van der Waals surface area contributed by atoms with E-state index >= 15 is 0 Å². The topological polar surface area (TPSA) is 77.6 Å². The minimum atomic E-state index is -0.192. The highest BCUT2D eigenvalue weighted by Gasteiger charge is 2.11. The van der Waals surface area contributed by atoms with E-state index in [9.17, 15) is 4.79 Å². The number of rotatable bonds is 4. The number of nitrogens with zero attached hydrogens (tertiary/aromatic N) is 5. The van der Waals surface area contributed by atoms with Crippen molar-refractivity contribution >= 4 is 11.7 Å². The molecule has 0 bridgehead atoms. The van der Waals surface area contributed by atoms with Crippen LogP contribution in [0.3, 0.4) is 0 Å². The van der Waals surface area contributed by atoms with Crippen LogP contribution in [-0.2, 0) is 18.4 Å². The van der Waals surface area contributed by atoms with E-state index in [0.717, 1.165) is 16.8 Å². The summed E-state index contributed by atoms with van der Waals surface area (Å²) in [6.07, 6.45) is 3.36. The van der Waals surface area contributed by atoms with Crippen molar-refractivity contribution in [2.24, 2.45) is 7.05 Å². The van der Waals surface area contributed by atoms with Gasteiger partial charge in [0, 0.05) is 18.8 Å². The Morgan fingerprint density at radius 2 is 2.00 bits per heavy atom. The lowest BCUT2D eigenvalue weighted by atomic mass is 10.1. The monoisotopic (exact) mass is 296 g/mol. The lowest BCUT2D eigenvalue weighted by Crippen LogP contribution is -2.19. The van der Waals surface area contributed by atoms with Gasteiger partial charge in [0.05, 0.1) is 11.9 Å². The molecule has 0 radical (unpaired) electrons. The van der Waals surface area contributed by atoms with Crippen molar-refractivity contribution in [3.05, 3.63) is 48.3 Å². The van der Waals surface area contributed by atoms with E-state index in [4.69, 9.17) is 0 Å². The molecule has 1 N–H and O–H groups in total. The van der Waals surface area contributed by atoms with Crippen molar-refractivity contribution in [1.82, 2.24) is 24.8 Å². The number of hydrogen-bond donors (Lipinski definition) is 1. The van der Waals surface area contributed by atoms with Gasteiger partial charge in [-0.25, -0.2) is 0 Å². The van der Waals surface area contributed by atoms with Crippen molar-refractivity contribution < 1.29 is 4.79 Å².